The average Bonchev–Trinajstić information content (AvgIpc) is 2.39. The van der Waals surface area contributed by atoms with Gasteiger partial charge in [-0.25, -0.2) is 0 Å². The van der Waals surface area contributed by atoms with E-state index in [2.05, 4.69) is 19.2 Å². The molecule has 0 aliphatic rings. The van der Waals surface area contributed by atoms with Crippen LogP contribution in [0.1, 0.15) is 32.3 Å². The summed E-state index contributed by atoms with van der Waals surface area (Å²) in [5.74, 6) is 0. The normalized spacial score (nSPS) is 11.4. The molecule has 0 atom stereocenters. The molecule has 0 amide bonds. The number of hydrogen-bond acceptors (Lipinski definition) is 4. The average molecular weight is 286 g/mol. The minimum Gasteiger partial charge on any atom is -0.378 e. The summed E-state index contributed by atoms with van der Waals surface area (Å²) < 4.78 is 0. The minimum atomic E-state index is -0.477. The summed E-state index contributed by atoms with van der Waals surface area (Å²) in [4.78, 5) is 10.3. The number of nitrogens with one attached hydrogen (secondary N) is 1. The second kappa shape index (κ2) is 6.21. The van der Waals surface area contributed by atoms with E-state index in [-0.39, 0.29) is 16.2 Å². The summed E-state index contributed by atoms with van der Waals surface area (Å²) in [6.45, 7) is 6.43. The third kappa shape index (κ3) is 3.36. The molecule has 19 heavy (non-hydrogen) atoms. The van der Waals surface area contributed by atoms with E-state index in [9.17, 15) is 10.1 Å². The molecule has 0 fully saturated rings. The highest BCUT2D eigenvalue weighted by Crippen LogP contribution is 2.32. The molecule has 3 N–H and O–H groups in total. The predicted octanol–water partition coefficient (Wildman–Crippen LogP) is 3.49. The van der Waals surface area contributed by atoms with Crippen LogP contribution in [0.15, 0.2) is 12.1 Å². The molecular formula is C13H20ClN3O2. The van der Waals surface area contributed by atoms with E-state index >= 15 is 0 Å². The number of nitro groups is 1. The van der Waals surface area contributed by atoms with E-state index in [1.807, 2.05) is 6.92 Å². The Morgan fingerprint density at radius 3 is 2.42 bits per heavy atom. The molecule has 0 bridgehead atoms. The van der Waals surface area contributed by atoms with Gasteiger partial charge in [0.05, 0.1) is 4.92 Å². The van der Waals surface area contributed by atoms with Crippen LogP contribution in [0.3, 0.4) is 0 Å². The number of anilines is 1. The number of halogens is 1. The van der Waals surface area contributed by atoms with Crippen LogP contribution in [0.2, 0.25) is 5.02 Å². The summed E-state index contributed by atoms with van der Waals surface area (Å²) in [6, 6.07) is 3.09. The van der Waals surface area contributed by atoms with Gasteiger partial charge in [-0.1, -0.05) is 25.4 Å². The third-order valence-corrected chi connectivity index (χ3v) is 3.94. The summed E-state index contributed by atoms with van der Waals surface area (Å²) in [5.41, 5.74) is 7.15. The quantitative estimate of drug-likeness (QED) is 0.619. The summed E-state index contributed by atoms with van der Waals surface area (Å²) in [7, 11) is 0. The van der Waals surface area contributed by atoms with Gasteiger partial charge in [0.1, 0.15) is 5.02 Å². The number of nitro benzene ring substituents is 1. The molecule has 0 saturated heterocycles. The van der Waals surface area contributed by atoms with Crippen LogP contribution in [0.4, 0.5) is 11.4 Å². The monoisotopic (exact) mass is 285 g/mol. The molecule has 106 valence electrons. The first-order chi connectivity index (χ1) is 8.89. The third-order valence-electron chi connectivity index (χ3n) is 3.63. The number of hydrogen-bond donors (Lipinski definition) is 2. The van der Waals surface area contributed by atoms with Gasteiger partial charge in [-0.05, 0) is 31.4 Å². The van der Waals surface area contributed by atoms with Crippen molar-refractivity contribution in [1.29, 1.82) is 0 Å². The van der Waals surface area contributed by atoms with Crippen molar-refractivity contribution in [2.45, 2.75) is 39.2 Å². The summed E-state index contributed by atoms with van der Waals surface area (Å²) in [6.07, 6.45) is 1.74. The molecule has 5 nitrogen and oxygen atoms in total. The van der Waals surface area contributed by atoms with Gasteiger partial charge in [0, 0.05) is 23.8 Å². The van der Waals surface area contributed by atoms with Gasteiger partial charge in [-0.2, -0.15) is 0 Å². The van der Waals surface area contributed by atoms with Crippen molar-refractivity contribution in [3.05, 3.63) is 32.8 Å². The Hall–Kier alpha value is -1.33. The van der Waals surface area contributed by atoms with Crippen LogP contribution in [0.25, 0.3) is 0 Å². The molecular weight excluding hydrogens is 266 g/mol. The van der Waals surface area contributed by atoms with E-state index in [0.717, 1.165) is 24.1 Å². The standard InChI is InChI=1S/C13H20ClN3O2/c1-4-13(5-2,8-15)16-11-7-10(14)12(17(18)19)6-9(11)3/h6-7,16H,4-5,8,15H2,1-3H3. The SMILES string of the molecule is CCC(CC)(CN)Nc1cc(Cl)c([N+](=O)[O-])cc1C. The number of nitrogens with two attached hydrogens (primary N) is 1. The lowest BCUT2D eigenvalue weighted by atomic mass is 9.92. The van der Waals surface area contributed by atoms with Crippen LogP contribution in [0, 0.1) is 17.0 Å². The van der Waals surface area contributed by atoms with Crippen LogP contribution >= 0.6 is 11.6 Å². The zero-order chi connectivity index (χ0) is 14.6. The Morgan fingerprint density at radius 1 is 1.42 bits per heavy atom. The Bertz CT molecular complexity index is 465. The second-order valence-corrected chi connectivity index (χ2v) is 5.10. The lowest BCUT2D eigenvalue weighted by Gasteiger charge is -2.33. The highest BCUT2D eigenvalue weighted by atomic mass is 35.5. The Kier molecular flexibility index (Phi) is 5.14. The maximum absolute atomic E-state index is 10.8. The van der Waals surface area contributed by atoms with E-state index in [4.69, 9.17) is 17.3 Å². The maximum atomic E-state index is 10.8. The Balaban J connectivity index is 3.16. The van der Waals surface area contributed by atoms with E-state index in [1.165, 1.54) is 6.07 Å². The van der Waals surface area contributed by atoms with Gasteiger partial charge in [-0.15, -0.1) is 0 Å². The smallest absolute Gasteiger partial charge is 0.288 e. The fraction of sp³-hybridized carbons (Fsp3) is 0.538. The van der Waals surface area contributed by atoms with Crippen molar-refractivity contribution in [3.63, 3.8) is 0 Å². The Morgan fingerprint density at radius 2 is 2.00 bits per heavy atom. The zero-order valence-electron chi connectivity index (χ0n) is 11.5. The second-order valence-electron chi connectivity index (χ2n) is 4.69. The van der Waals surface area contributed by atoms with Gasteiger partial charge >= 0.3 is 0 Å². The van der Waals surface area contributed by atoms with E-state index in [0.29, 0.717) is 6.54 Å². The number of benzene rings is 1. The lowest BCUT2D eigenvalue weighted by molar-refractivity contribution is -0.384. The summed E-state index contributed by atoms with van der Waals surface area (Å²) in [5, 5.41) is 14.3. The molecule has 1 rings (SSSR count). The fourth-order valence-corrected chi connectivity index (χ4v) is 2.23. The molecule has 1 aromatic rings. The molecule has 0 aliphatic heterocycles. The highest BCUT2D eigenvalue weighted by molar-refractivity contribution is 6.33. The molecule has 0 heterocycles. The van der Waals surface area contributed by atoms with Crippen molar-refractivity contribution in [3.8, 4) is 0 Å². The fourth-order valence-electron chi connectivity index (χ4n) is 1.99. The van der Waals surface area contributed by atoms with Crippen LogP contribution in [-0.4, -0.2) is 17.0 Å². The van der Waals surface area contributed by atoms with Gasteiger partial charge in [0.25, 0.3) is 5.69 Å². The van der Waals surface area contributed by atoms with Gasteiger partial charge in [-0.3, -0.25) is 10.1 Å². The molecule has 0 saturated carbocycles. The predicted molar refractivity (Wildman–Crippen MR) is 78.8 cm³/mol. The molecule has 0 aromatic heterocycles. The minimum absolute atomic E-state index is 0.0731. The van der Waals surface area contributed by atoms with Crippen molar-refractivity contribution < 1.29 is 4.92 Å². The van der Waals surface area contributed by atoms with E-state index in [1.54, 1.807) is 6.07 Å². The first-order valence-electron chi connectivity index (χ1n) is 6.32. The zero-order valence-corrected chi connectivity index (χ0v) is 12.3. The molecule has 0 spiro atoms. The van der Waals surface area contributed by atoms with Crippen LogP contribution < -0.4 is 11.1 Å². The van der Waals surface area contributed by atoms with Crippen molar-refractivity contribution in [1.82, 2.24) is 0 Å². The molecule has 6 heteroatoms. The van der Waals surface area contributed by atoms with Gasteiger partial charge in [0.2, 0.25) is 0 Å². The number of aryl methyl sites for hydroxylation is 1. The lowest BCUT2D eigenvalue weighted by Crippen LogP contribution is -2.44. The van der Waals surface area contributed by atoms with Gasteiger partial charge < -0.3 is 11.1 Å². The molecule has 0 aliphatic carbocycles. The summed E-state index contributed by atoms with van der Waals surface area (Å²) >= 11 is 5.94. The van der Waals surface area contributed by atoms with Gasteiger partial charge in [0.15, 0.2) is 0 Å². The maximum Gasteiger partial charge on any atom is 0.288 e. The molecule has 0 radical (unpaired) electrons. The van der Waals surface area contributed by atoms with Crippen molar-refractivity contribution in [2.24, 2.45) is 5.73 Å². The van der Waals surface area contributed by atoms with Crippen molar-refractivity contribution in [2.75, 3.05) is 11.9 Å². The van der Waals surface area contributed by atoms with Crippen LogP contribution in [0.5, 0.6) is 0 Å². The highest BCUT2D eigenvalue weighted by Gasteiger charge is 2.25. The first-order valence-corrected chi connectivity index (χ1v) is 6.69. The number of rotatable bonds is 6. The topological polar surface area (TPSA) is 81.2 Å². The van der Waals surface area contributed by atoms with Crippen LogP contribution in [-0.2, 0) is 0 Å². The first kappa shape index (κ1) is 15.7. The molecule has 1 aromatic carbocycles. The van der Waals surface area contributed by atoms with Crippen molar-refractivity contribution >= 4 is 23.0 Å². The largest absolute Gasteiger partial charge is 0.378 e. The molecule has 0 unspecified atom stereocenters. The Labute approximate surface area is 118 Å². The van der Waals surface area contributed by atoms with E-state index < -0.39 is 4.92 Å². The number of nitrogens with zero attached hydrogens (tertiary/aromatic N) is 1.